The summed E-state index contributed by atoms with van der Waals surface area (Å²) in [6.07, 6.45) is 1.83. The first kappa shape index (κ1) is 20.7. The van der Waals surface area contributed by atoms with Gasteiger partial charge in [-0.3, -0.25) is 19.4 Å². The Hall–Kier alpha value is -2.58. The van der Waals surface area contributed by atoms with Crippen LogP contribution < -0.4 is 21.1 Å². The van der Waals surface area contributed by atoms with Crippen LogP contribution in [-0.2, 0) is 9.59 Å². The molecule has 2 aliphatic heterocycles. The molecule has 1 saturated heterocycles. The highest BCUT2D eigenvalue weighted by molar-refractivity contribution is 6.44. The fourth-order valence-corrected chi connectivity index (χ4v) is 4.12. The van der Waals surface area contributed by atoms with Crippen LogP contribution >= 0.6 is 23.2 Å². The largest absolute Gasteiger partial charge is 0.342 e. The molecule has 1 fully saturated rings. The predicted octanol–water partition coefficient (Wildman–Crippen LogP) is 3.38. The summed E-state index contributed by atoms with van der Waals surface area (Å²) in [6.45, 7) is 3.73. The minimum Gasteiger partial charge on any atom is -0.342 e. The summed E-state index contributed by atoms with van der Waals surface area (Å²) in [5, 5.41) is 5.78. The summed E-state index contributed by atoms with van der Waals surface area (Å²) < 4.78 is 0. The van der Waals surface area contributed by atoms with Crippen LogP contribution in [0.15, 0.2) is 23.0 Å². The number of carbonyl (C=O) groups excluding carboxylic acids is 2. The number of aromatic nitrogens is 2. The van der Waals surface area contributed by atoms with Gasteiger partial charge in [-0.25, -0.2) is 0 Å². The molecule has 1 atom stereocenters. The number of fused-ring (bicyclic) bond motifs is 1. The molecule has 0 saturated carbocycles. The molecule has 10 heteroatoms. The van der Waals surface area contributed by atoms with Gasteiger partial charge in [-0.1, -0.05) is 36.2 Å². The van der Waals surface area contributed by atoms with Crippen LogP contribution in [0, 0.1) is 5.92 Å². The van der Waals surface area contributed by atoms with Crippen molar-refractivity contribution < 1.29 is 9.59 Å². The number of halogens is 2. The molecule has 1 aromatic carbocycles. The molecule has 4 rings (SSSR count). The first-order valence-corrected chi connectivity index (χ1v) is 10.5. The highest BCUT2D eigenvalue weighted by Gasteiger charge is 2.35. The van der Waals surface area contributed by atoms with Crippen LogP contribution in [0.2, 0.25) is 10.0 Å². The van der Waals surface area contributed by atoms with Gasteiger partial charge in [-0.05, 0) is 30.9 Å². The molecule has 3 N–H and O–H groups in total. The first-order valence-electron chi connectivity index (χ1n) is 9.77. The van der Waals surface area contributed by atoms with Gasteiger partial charge in [-0.2, -0.15) is 4.98 Å². The Morgan fingerprint density at radius 3 is 2.70 bits per heavy atom. The van der Waals surface area contributed by atoms with Gasteiger partial charge in [0.25, 0.3) is 5.56 Å². The van der Waals surface area contributed by atoms with Gasteiger partial charge in [0, 0.05) is 19.5 Å². The van der Waals surface area contributed by atoms with Gasteiger partial charge in [0.15, 0.2) is 0 Å². The Balaban J connectivity index is 1.64. The molecule has 0 aliphatic carbocycles. The van der Waals surface area contributed by atoms with Gasteiger partial charge in [0.1, 0.15) is 5.82 Å². The van der Waals surface area contributed by atoms with Gasteiger partial charge in [0.2, 0.25) is 17.8 Å². The van der Waals surface area contributed by atoms with Crippen molar-refractivity contribution in [2.45, 2.75) is 32.1 Å². The molecule has 30 heavy (non-hydrogen) atoms. The number of rotatable bonds is 3. The molecule has 2 amide bonds. The van der Waals surface area contributed by atoms with Crippen LogP contribution in [0.5, 0.6) is 0 Å². The van der Waals surface area contributed by atoms with E-state index in [1.807, 2.05) is 4.90 Å². The van der Waals surface area contributed by atoms with E-state index in [4.69, 9.17) is 23.2 Å². The monoisotopic (exact) mass is 449 g/mol. The Kier molecular flexibility index (Phi) is 5.71. The number of nitrogens with zero attached hydrogens (tertiary/aromatic N) is 2. The number of benzene rings is 1. The lowest BCUT2D eigenvalue weighted by molar-refractivity contribution is -0.123. The van der Waals surface area contributed by atoms with Gasteiger partial charge < -0.3 is 15.5 Å². The van der Waals surface area contributed by atoms with Crippen LogP contribution in [-0.4, -0.2) is 34.9 Å². The van der Waals surface area contributed by atoms with E-state index < -0.39 is 17.4 Å². The lowest BCUT2D eigenvalue weighted by Crippen LogP contribution is -2.39. The molecule has 1 unspecified atom stereocenters. The number of amides is 2. The smallest absolute Gasteiger partial charge is 0.258 e. The minimum absolute atomic E-state index is 0.126. The second kappa shape index (κ2) is 8.28. The SMILES string of the molecule is CC1CCN(c2nc3c(c(=O)[nH]2)C(C(=O)Nc2cccc(Cl)c2Cl)CC(=O)N3)CC1. The molecule has 2 aliphatic rings. The standard InChI is InChI=1S/C20H21Cl2N5O3/c1-10-5-7-27(8-6-10)20-25-17-15(19(30)26-20)11(9-14(28)24-17)18(29)23-13-4-2-3-12(21)16(13)22/h2-4,10-11H,5-9H2,1H3,(H,23,29)(H2,24,25,26,28,30). The maximum Gasteiger partial charge on any atom is 0.258 e. The van der Waals surface area contributed by atoms with Gasteiger partial charge in [0.05, 0.1) is 27.2 Å². The molecule has 8 nitrogen and oxygen atoms in total. The summed E-state index contributed by atoms with van der Waals surface area (Å²) in [4.78, 5) is 47.3. The highest BCUT2D eigenvalue weighted by Crippen LogP contribution is 2.33. The van der Waals surface area contributed by atoms with E-state index >= 15 is 0 Å². The van der Waals surface area contributed by atoms with Crippen molar-refractivity contribution in [3.63, 3.8) is 0 Å². The third-order valence-electron chi connectivity index (χ3n) is 5.55. The fourth-order valence-electron chi connectivity index (χ4n) is 3.77. The Labute approximate surface area is 183 Å². The normalized spacial score (nSPS) is 19.2. The molecule has 158 valence electrons. The van der Waals surface area contributed by atoms with Crippen molar-refractivity contribution >= 4 is 52.5 Å². The summed E-state index contributed by atoms with van der Waals surface area (Å²) in [5.41, 5.74) is 0.00971. The summed E-state index contributed by atoms with van der Waals surface area (Å²) in [7, 11) is 0. The zero-order valence-corrected chi connectivity index (χ0v) is 17.8. The molecular formula is C20H21Cl2N5O3. The Morgan fingerprint density at radius 1 is 1.23 bits per heavy atom. The average Bonchev–Trinajstić information content (AvgIpc) is 2.71. The third-order valence-corrected chi connectivity index (χ3v) is 6.37. The van der Waals surface area contributed by atoms with E-state index in [0.29, 0.717) is 17.6 Å². The molecular weight excluding hydrogens is 429 g/mol. The minimum atomic E-state index is -0.990. The van der Waals surface area contributed by atoms with E-state index in [0.717, 1.165) is 25.9 Å². The van der Waals surface area contributed by atoms with Crippen molar-refractivity contribution in [2.75, 3.05) is 28.6 Å². The predicted molar refractivity (Wildman–Crippen MR) is 117 cm³/mol. The number of anilines is 3. The average molecular weight is 450 g/mol. The van der Waals surface area contributed by atoms with Crippen LogP contribution in [0.1, 0.15) is 37.7 Å². The fraction of sp³-hybridized carbons (Fsp3) is 0.400. The van der Waals surface area contributed by atoms with Gasteiger partial charge >= 0.3 is 0 Å². The molecule has 1 aromatic heterocycles. The van der Waals surface area contributed by atoms with E-state index in [1.54, 1.807) is 18.2 Å². The maximum absolute atomic E-state index is 12.9. The van der Waals surface area contributed by atoms with Crippen LogP contribution in [0.25, 0.3) is 0 Å². The number of carbonyl (C=O) groups is 2. The number of piperidine rings is 1. The quantitative estimate of drug-likeness (QED) is 0.665. The van der Waals surface area contributed by atoms with Crippen molar-refractivity contribution in [1.29, 1.82) is 0 Å². The van der Waals surface area contributed by atoms with Crippen LogP contribution in [0.3, 0.4) is 0 Å². The topological polar surface area (TPSA) is 107 Å². The van der Waals surface area contributed by atoms with Crippen LogP contribution in [0.4, 0.5) is 17.5 Å². The van der Waals surface area contributed by atoms with E-state index in [-0.39, 0.29) is 33.8 Å². The zero-order valence-electron chi connectivity index (χ0n) is 16.3. The number of nitrogens with one attached hydrogen (secondary N) is 3. The highest BCUT2D eigenvalue weighted by atomic mass is 35.5. The van der Waals surface area contributed by atoms with Gasteiger partial charge in [-0.15, -0.1) is 0 Å². The third kappa shape index (κ3) is 4.02. The van der Waals surface area contributed by atoms with E-state index in [2.05, 4.69) is 27.5 Å². The first-order chi connectivity index (χ1) is 14.3. The lowest BCUT2D eigenvalue weighted by atomic mass is 9.92. The lowest BCUT2D eigenvalue weighted by Gasteiger charge is -2.31. The van der Waals surface area contributed by atoms with Crippen molar-refractivity contribution in [2.24, 2.45) is 5.92 Å². The number of hydrogen-bond acceptors (Lipinski definition) is 5. The van der Waals surface area contributed by atoms with E-state index in [9.17, 15) is 14.4 Å². The number of hydrogen-bond donors (Lipinski definition) is 3. The Bertz CT molecular complexity index is 1060. The molecule has 0 spiro atoms. The van der Waals surface area contributed by atoms with E-state index in [1.165, 1.54) is 0 Å². The summed E-state index contributed by atoms with van der Waals surface area (Å²) in [5.74, 6) is -0.740. The van der Waals surface area contributed by atoms with Crippen molar-refractivity contribution in [1.82, 2.24) is 9.97 Å². The summed E-state index contributed by atoms with van der Waals surface area (Å²) >= 11 is 12.1. The molecule has 2 aromatic rings. The Morgan fingerprint density at radius 2 is 1.97 bits per heavy atom. The number of H-pyrrole nitrogens is 1. The molecule has 0 radical (unpaired) electrons. The summed E-state index contributed by atoms with van der Waals surface area (Å²) in [6, 6.07) is 4.84. The van der Waals surface area contributed by atoms with Crippen molar-refractivity contribution in [3.05, 3.63) is 44.2 Å². The van der Waals surface area contributed by atoms with Crippen molar-refractivity contribution in [3.8, 4) is 0 Å². The molecule has 3 heterocycles. The maximum atomic E-state index is 12.9. The molecule has 0 bridgehead atoms. The second-order valence-electron chi connectivity index (χ2n) is 7.72. The second-order valence-corrected chi connectivity index (χ2v) is 8.50. The number of aromatic amines is 1. The zero-order chi connectivity index (χ0) is 21.4.